The Balaban J connectivity index is 2.10. The molecule has 0 spiro atoms. The molecule has 1 aliphatic rings. The zero-order chi connectivity index (χ0) is 19.6. The van der Waals surface area contributed by atoms with Gasteiger partial charge < -0.3 is 14.7 Å². The summed E-state index contributed by atoms with van der Waals surface area (Å²) in [6.07, 6.45) is 0.257. The number of anilines is 1. The number of aliphatic carboxylic acids is 1. The molecule has 0 radical (unpaired) electrons. The number of methoxy groups -OCH3 is 1. The summed E-state index contributed by atoms with van der Waals surface area (Å²) in [5, 5.41) is 10.0. The van der Waals surface area contributed by atoms with Gasteiger partial charge in [-0.05, 0) is 29.7 Å². The number of ether oxygens (including phenoxy) is 1. The van der Waals surface area contributed by atoms with Crippen LogP contribution in [0.3, 0.4) is 0 Å². The van der Waals surface area contributed by atoms with Gasteiger partial charge in [-0.25, -0.2) is 9.59 Å². The topological polar surface area (TPSA) is 83.9 Å². The molecule has 0 saturated carbocycles. The van der Waals surface area contributed by atoms with Gasteiger partial charge in [-0.1, -0.05) is 42.5 Å². The summed E-state index contributed by atoms with van der Waals surface area (Å²) in [5.41, 5.74) is 1.23. The molecule has 3 rings (SSSR count). The molecule has 0 fully saturated rings. The van der Waals surface area contributed by atoms with Gasteiger partial charge in [0.25, 0.3) is 0 Å². The van der Waals surface area contributed by atoms with Crippen LogP contribution in [-0.2, 0) is 38.5 Å². The second-order valence-electron chi connectivity index (χ2n) is 6.75. The van der Waals surface area contributed by atoms with Crippen molar-refractivity contribution >= 4 is 23.4 Å². The van der Waals surface area contributed by atoms with Crippen molar-refractivity contribution < 1.29 is 24.2 Å². The van der Waals surface area contributed by atoms with Crippen LogP contribution in [0.5, 0.6) is 0 Å². The third-order valence-electron chi connectivity index (χ3n) is 4.86. The van der Waals surface area contributed by atoms with Gasteiger partial charge in [0.05, 0.1) is 7.11 Å². The zero-order valence-electron chi connectivity index (χ0n) is 15.3. The first-order valence-electron chi connectivity index (χ1n) is 8.63. The summed E-state index contributed by atoms with van der Waals surface area (Å²) in [4.78, 5) is 37.9. The van der Waals surface area contributed by atoms with Crippen LogP contribution in [0.4, 0.5) is 5.69 Å². The second-order valence-corrected chi connectivity index (χ2v) is 6.75. The van der Waals surface area contributed by atoms with Crippen molar-refractivity contribution in [1.29, 1.82) is 0 Å². The third kappa shape index (κ3) is 3.30. The van der Waals surface area contributed by atoms with E-state index in [1.807, 2.05) is 36.4 Å². The molecule has 0 bridgehead atoms. The molecular formula is C21H21NO5. The van der Waals surface area contributed by atoms with Gasteiger partial charge in [0.2, 0.25) is 5.54 Å². The number of carboxylic acid groups (broad SMARTS) is 1. The lowest BCUT2D eigenvalue weighted by molar-refractivity contribution is -0.159. The summed E-state index contributed by atoms with van der Waals surface area (Å²) in [6.45, 7) is 1.76. The van der Waals surface area contributed by atoms with Crippen molar-refractivity contribution in [2.24, 2.45) is 0 Å². The molecule has 0 saturated heterocycles. The average Bonchev–Trinajstić information content (AvgIpc) is 2.96. The molecule has 1 heterocycles. The number of benzene rings is 2. The number of ketones is 1. The standard InChI is InChI=1S/C21H21NO5/c1-14(23)10-16-8-9-18-17(11-16)12-21(19(24)25,20(26)27-2)22(18)13-15-6-4-3-5-7-15/h3-9,11H,10,12-13H2,1-2H3,(H,24,25). The van der Waals surface area contributed by atoms with E-state index >= 15 is 0 Å². The van der Waals surface area contributed by atoms with Crippen molar-refractivity contribution in [3.63, 3.8) is 0 Å². The summed E-state index contributed by atoms with van der Waals surface area (Å²) in [7, 11) is 1.19. The quantitative estimate of drug-likeness (QED) is 0.623. The highest BCUT2D eigenvalue weighted by atomic mass is 16.5. The number of fused-ring (bicyclic) bond motifs is 1. The van der Waals surface area contributed by atoms with Crippen LogP contribution < -0.4 is 4.90 Å². The molecule has 0 amide bonds. The molecule has 1 unspecified atom stereocenters. The smallest absolute Gasteiger partial charge is 0.343 e. The zero-order valence-corrected chi connectivity index (χ0v) is 15.3. The van der Waals surface area contributed by atoms with Gasteiger partial charge >= 0.3 is 11.9 Å². The van der Waals surface area contributed by atoms with Gasteiger partial charge in [0, 0.05) is 25.1 Å². The highest BCUT2D eigenvalue weighted by Crippen LogP contribution is 2.41. The van der Waals surface area contributed by atoms with E-state index in [4.69, 9.17) is 4.74 Å². The van der Waals surface area contributed by atoms with E-state index in [1.54, 1.807) is 17.0 Å². The van der Waals surface area contributed by atoms with Crippen LogP contribution >= 0.6 is 0 Å². The van der Waals surface area contributed by atoms with Crippen molar-refractivity contribution in [2.45, 2.75) is 31.8 Å². The van der Waals surface area contributed by atoms with Gasteiger partial charge in [-0.2, -0.15) is 0 Å². The monoisotopic (exact) mass is 367 g/mol. The number of hydrogen-bond acceptors (Lipinski definition) is 5. The highest BCUT2D eigenvalue weighted by molar-refractivity contribution is 6.09. The molecule has 1 N–H and O–H groups in total. The van der Waals surface area contributed by atoms with E-state index in [1.165, 1.54) is 14.0 Å². The number of Topliss-reactive ketones (excluding diaryl/α,β-unsaturated/α-hetero) is 1. The number of carbonyl (C=O) groups is 3. The highest BCUT2D eigenvalue weighted by Gasteiger charge is 2.57. The molecule has 6 heteroatoms. The Kier molecular flexibility index (Phi) is 4.99. The Morgan fingerprint density at radius 2 is 1.81 bits per heavy atom. The lowest BCUT2D eigenvalue weighted by atomic mass is 9.93. The molecule has 140 valence electrons. The van der Waals surface area contributed by atoms with E-state index < -0.39 is 17.5 Å². The maximum atomic E-state index is 12.6. The lowest BCUT2D eigenvalue weighted by Crippen LogP contribution is -2.59. The van der Waals surface area contributed by atoms with Crippen LogP contribution in [0.25, 0.3) is 0 Å². The number of nitrogens with zero attached hydrogens (tertiary/aromatic N) is 1. The third-order valence-corrected chi connectivity index (χ3v) is 4.86. The molecule has 6 nitrogen and oxygen atoms in total. The van der Waals surface area contributed by atoms with Crippen LogP contribution in [0.2, 0.25) is 0 Å². The Morgan fingerprint density at radius 1 is 1.11 bits per heavy atom. The number of esters is 1. The van der Waals surface area contributed by atoms with Crippen molar-refractivity contribution in [2.75, 3.05) is 12.0 Å². The Bertz CT molecular complexity index is 893. The summed E-state index contributed by atoms with van der Waals surface area (Å²) < 4.78 is 4.88. The summed E-state index contributed by atoms with van der Waals surface area (Å²) in [6, 6.07) is 14.8. The van der Waals surface area contributed by atoms with Gasteiger partial charge in [-0.15, -0.1) is 0 Å². The summed E-state index contributed by atoms with van der Waals surface area (Å²) in [5.74, 6) is -2.04. The van der Waals surface area contributed by atoms with E-state index in [-0.39, 0.29) is 25.2 Å². The van der Waals surface area contributed by atoms with E-state index in [2.05, 4.69) is 0 Å². The molecule has 0 aromatic heterocycles. The number of carboxylic acids is 1. The molecule has 1 atom stereocenters. The van der Waals surface area contributed by atoms with Gasteiger partial charge in [0.1, 0.15) is 5.78 Å². The maximum Gasteiger partial charge on any atom is 0.343 e. The fourth-order valence-electron chi connectivity index (χ4n) is 3.63. The normalized spacial score (nSPS) is 18.1. The Morgan fingerprint density at radius 3 is 2.41 bits per heavy atom. The fraction of sp³-hybridized carbons (Fsp3) is 0.286. The Labute approximate surface area is 157 Å². The van der Waals surface area contributed by atoms with Crippen molar-refractivity contribution in [3.8, 4) is 0 Å². The Hall–Kier alpha value is -3.15. The summed E-state index contributed by atoms with van der Waals surface area (Å²) >= 11 is 0. The predicted molar refractivity (Wildman–Crippen MR) is 99.5 cm³/mol. The molecule has 2 aromatic rings. The van der Waals surface area contributed by atoms with E-state index in [0.717, 1.165) is 16.7 Å². The molecule has 0 aliphatic carbocycles. The second kappa shape index (κ2) is 7.23. The van der Waals surface area contributed by atoms with E-state index in [9.17, 15) is 19.5 Å². The number of carbonyl (C=O) groups excluding carboxylic acids is 2. The predicted octanol–water partition coefficient (Wildman–Crippen LogP) is 2.38. The SMILES string of the molecule is COC(=O)C1(C(=O)O)Cc2cc(CC(C)=O)ccc2N1Cc1ccccc1. The minimum absolute atomic E-state index is 0.0110. The minimum atomic E-state index is -1.83. The molecular weight excluding hydrogens is 346 g/mol. The van der Waals surface area contributed by atoms with Crippen molar-refractivity contribution in [3.05, 3.63) is 65.2 Å². The fourth-order valence-corrected chi connectivity index (χ4v) is 3.63. The van der Waals surface area contributed by atoms with Gasteiger partial charge in [-0.3, -0.25) is 4.79 Å². The van der Waals surface area contributed by atoms with Crippen LogP contribution in [0.1, 0.15) is 23.6 Å². The van der Waals surface area contributed by atoms with Crippen LogP contribution in [0, 0.1) is 0 Å². The van der Waals surface area contributed by atoms with Gasteiger partial charge in [0.15, 0.2) is 0 Å². The average molecular weight is 367 g/mol. The van der Waals surface area contributed by atoms with Crippen LogP contribution in [0.15, 0.2) is 48.5 Å². The largest absolute Gasteiger partial charge is 0.479 e. The van der Waals surface area contributed by atoms with E-state index in [0.29, 0.717) is 5.69 Å². The van der Waals surface area contributed by atoms with Crippen molar-refractivity contribution in [1.82, 2.24) is 0 Å². The minimum Gasteiger partial charge on any atom is -0.479 e. The molecule has 1 aliphatic heterocycles. The number of rotatable bonds is 6. The first kappa shape index (κ1) is 18.6. The molecule has 2 aromatic carbocycles. The van der Waals surface area contributed by atoms with Crippen LogP contribution in [-0.4, -0.2) is 35.5 Å². The lowest BCUT2D eigenvalue weighted by Gasteiger charge is -2.34. The molecule has 27 heavy (non-hydrogen) atoms. The first-order chi connectivity index (χ1) is 12.9. The maximum absolute atomic E-state index is 12.6. The first-order valence-corrected chi connectivity index (χ1v) is 8.63. The number of hydrogen-bond donors (Lipinski definition) is 1.